The molecule has 140 valence electrons. The predicted molar refractivity (Wildman–Crippen MR) is 102 cm³/mol. The molecule has 2 aromatic rings. The number of rotatable bonds is 5. The topological polar surface area (TPSA) is 47.4 Å². The summed E-state index contributed by atoms with van der Waals surface area (Å²) in [5.74, 6) is -0.346. The number of aromatic nitrogens is 2. The van der Waals surface area contributed by atoms with E-state index in [9.17, 15) is 4.79 Å². The molecule has 0 aliphatic heterocycles. The van der Waals surface area contributed by atoms with E-state index in [1.165, 1.54) is 18.2 Å². The lowest BCUT2D eigenvalue weighted by molar-refractivity contribution is 0.0574. The van der Waals surface area contributed by atoms with Gasteiger partial charge in [-0.15, -0.1) is 0 Å². The molecule has 0 saturated heterocycles. The largest absolute Gasteiger partial charge is 0.464 e. The van der Waals surface area contributed by atoms with Crippen molar-refractivity contribution in [3.63, 3.8) is 0 Å². The Morgan fingerprint density at radius 2 is 2.04 bits per heavy atom. The molecule has 0 radical (unpaired) electrons. The number of hydrogen-bond donors (Lipinski definition) is 0. The number of benzene rings is 1. The van der Waals surface area contributed by atoms with Gasteiger partial charge in [0.1, 0.15) is 5.69 Å². The fourth-order valence-electron chi connectivity index (χ4n) is 4.41. The summed E-state index contributed by atoms with van der Waals surface area (Å²) >= 11 is 0. The zero-order chi connectivity index (χ0) is 18.9. The number of methoxy groups -OCH3 is 1. The van der Waals surface area contributed by atoms with Gasteiger partial charge in [0.15, 0.2) is 0 Å². The monoisotopic (exact) mass is 355 g/mol. The van der Waals surface area contributed by atoms with E-state index in [0.717, 1.165) is 19.4 Å². The van der Waals surface area contributed by atoms with E-state index in [0.29, 0.717) is 11.7 Å². The fraction of sp³-hybridized carbons (Fsp3) is 0.524. The maximum absolute atomic E-state index is 12.2. The average molecular weight is 355 g/mol. The molecule has 2 unspecified atom stereocenters. The minimum absolute atomic E-state index is 0.0372. The summed E-state index contributed by atoms with van der Waals surface area (Å²) in [5, 5.41) is 0. The number of carbonyl (C=O) groups is 1. The highest BCUT2D eigenvalue weighted by Crippen LogP contribution is 2.51. The van der Waals surface area contributed by atoms with Crippen LogP contribution in [0.1, 0.15) is 67.3 Å². The van der Waals surface area contributed by atoms with E-state index >= 15 is 0 Å². The van der Waals surface area contributed by atoms with Gasteiger partial charge in [0, 0.05) is 6.04 Å². The van der Waals surface area contributed by atoms with Gasteiger partial charge >= 0.3 is 5.97 Å². The van der Waals surface area contributed by atoms with Crippen LogP contribution in [0, 0.1) is 5.41 Å². The predicted octanol–water partition coefficient (Wildman–Crippen LogP) is 4.07. The van der Waals surface area contributed by atoms with Crippen LogP contribution < -0.4 is 0 Å². The van der Waals surface area contributed by atoms with Gasteiger partial charge in [-0.2, -0.15) is 0 Å². The van der Waals surface area contributed by atoms with Crippen LogP contribution in [0.3, 0.4) is 0 Å². The van der Waals surface area contributed by atoms with Crippen LogP contribution in [0.4, 0.5) is 0 Å². The molecule has 26 heavy (non-hydrogen) atoms. The fourth-order valence-corrected chi connectivity index (χ4v) is 4.41. The molecular weight excluding hydrogens is 326 g/mol. The molecule has 0 bridgehead atoms. The number of ether oxygens (including phenoxy) is 1. The molecule has 2 atom stereocenters. The van der Waals surface area contributed by atoms with Crippen molar-refractivity contribution in [3.8, 4) is 0 Å². The zero-order valence-electron chi connectivity index (χ0n) is 16.4. The molecule has 0 fully saturated rings. The lowest BCUT2D eigenvalue weighted by atomic mass is 9.67. The summed E-state index contributed by atoms with van der Waals surface area (Å²) in [6.07, 6.45) is 5.50. The van der Waals surface area contributed by atoms with E-state index in [1.807, 2.05) is 4.57 Å². The smallest absolute Gasteiger partial charge is 0.356 e. The molecule has 5 heteroatoms. The minimum Gasteiger partial charge on any atom is -0.464 e. The number of nitrogens with zero attached hydrogens (tertiary/aromatic N) is 3. The minimum atomic E-state index is -0.346. The number of fused-ring (bicyclic) bond motifs is 1. The van der Waals surface area contributed by atoms with Gasteiger partial charge in [-0.25, -0.2) is 9.78 Å². The second kappa shape index (κ2) is 7.23. The van der Waals surface area contributed by atoms with Crippen molar-refractivity contribution >= 4 is 5.97 Å². The van der Waals surface area contributed by atoms with Gasteiger partial charge in [-0.3, -0.25) is 4.90 Å². The quantitative estimate of drug-likeness (QED) is 0.759. The molecule has 0 amide bonds. The van der Waals surface area contributed by atoms with E-state index < -0.39 is 0 Å². The maximum atomic E-state index is 12.2. The average Bonchev–Trinajstić information content (AvgIpc) is 3.09. The summed E-state index contributed by atoms with van der Waals surface area (Å²) in [5.41, 5.74) is 3.07. The lowest BCUT2D eigenvalue weighted by Gasteiger charge is -2.47. The van der Waals surface area contributed by atoms with Crippen LogP contribution in [-0.4, -0.2) is 41.1 Å². The molecular formula is C21H29N3O2. The van der Waals surface area contributed by atoms with Crippen molar-refractivity contribution in [2.45, 2.75) is 45.7 Å². The van der Waals surface area contributed by atoms with Crippen molar-refractivity contribution in [3.05, 3.63) is 53.6 Å². The third-order valence-electron chi connectivity index (χ3n) is 5.56. The van der Waals surface area contributed by atoms with E-state index in [4.69, 9.17) is 4.74 Å². The Kier molecular flexibility index (Phi) is 5.19. The highest BCUT2D eigenvalue weighted by atomic mass is 16.5. The second-order valence-corrected chi connectivity index (χ2v) is 7.90. The van der Waals surface area contributed by atoms with E-state index in [-0.39, 0.29) is 17.4 Å². The van der Waals surface area contributed by atoms with Crippen molar-refractivity contribution < 1.29 is 9.53 Å². The van der Waals surface area contributed by atoms with Crippen LogP contribution in [-0.2, 0) is 4.74 Å². The van der Waals surface area contributed by atoms with Crippen molar-refractivity contribution in [1.29, 1.82) is 0 Å². The Labute approximate surface area is 156 Å². The van der Waals surface area contributed by atoms with E-state index in [1.54, 1.807) is 12.5 Å². The molecule has 1 heterocycles. The molecule has 1 aromatic heterocycles. The van der Waals surface area contributed by atoms with Gasteiger partial charge < -0.3 is 9.30 Å². The highest BCUT2D eigenvalue weighted by Gasteiger charge is 2.43. The third-order valence-corrected chi connectivity index (χ3v) is 5.56. The van der Waals surface area contributed by atoms with Crippen LogP contribution >= 0.6 is 0 Å². The normalized spacial score (nSPS) is 21.5. The molecule has 3 rings (SSSR count). The Balaban J connectivity index is 2.13. The summed E-state index contributed by atoms with van der Waals surface area (Å²) in [6, 6.07) is 9.02. The Hall–Kier alpha value is -2.14. The Morgan fingerprint density at radius 1 is 1.35 bits per heavy atom. The van der Waals surface area contributed by atoms with Gasteiger partial charge in [0.2, 0.25) is 0 Å². The van der Waals surface area contributed by atoms with Crippen molar-refractivity contribution in [2.75, 3.05) is 20.7 Å². The van der Waals surface area contributed by atoms with Gasteiger partial charge in [-0.05, 0) is 43.0 Å². The number of esters is 1. The van der Waals surface area contributed by atoms with Crippen molar-refractivity contribution in [1.82, 2.24) is 14.5 Å². The van der Waals surface area contributed by atoms with Crippen LogP contribution in [0.2, 0.25) is 0 Å². The second-order valence-electron chi connectivity index (χ2n) is 7.90. The first-order valence-electron chi connectivity index (χ1n) is 9.30. The standard InChI is InChI=1S/C21H29N3O2/c1-6-11-23(4)17-12-21(2,3)19(16-10-8-7-9-15(16)17)24-14-22-13-18(24)20(25)26-5/h7-10,13-14,17,19H,6,11-12H2,1-5H3. The molecule has 1 aromatic carbocycles. The molecule has 1 aliphatic carbocycles. The Morgan fingerprint density at radius 3 is 2.69 bits per heavy atom. The number of hydrogen-bond acceptors (Lipinski definition) is 4. The first-order valence-corrected chi connectivity index (χ1v) is 9.30. The van der Waals surface area contributed by atoms with Gasteiger partial charge in [-0.1, -0.05) is 45.0 Å². The lowest BCUT2D eigenvalue weighted by Crippen LogP contribution is -2.40. The maximum Gasteiger partial charge on any atom is 0.356 e. The highest BCUT2D eigenvalue weighted by molar-refractivity contribution is 5.87. The molecule has 5 nitrogen and oxygen atoms in total. The molecule has 1 aliphatic rings. The number of imidazole rings is 1. The van der Waals surface area contributed by atoms with Crippen LogP contribution in [0.15, 0.2) is 36.8 Å². The van der Waals surface area contributed by atoms with Gasteiger partial charge in [0.05, 0.1) is 25.7 Å². The van der Waals surface area contributed by atoms with Crippen LogP contribution in [0.25, 0.3) is 0 Å². The SMILES string of the molecule is CCCN(C)C1CC(C)(C)C(n2cncc2C(=O)OC)c2ccccc21. The zero-order valence-corrected chi connectivity index (χ0v) is 16.4. The number of carbonyl (C=O) groups excluding carboxylic acids is 1. The first-order chi connectivity index (χ1) is 12.4. The van der Waals surface area contributed by atoms with Gasteiger partial charge in [0.25, 0.3) is 0 Å². The first kappa shape index (κ1) is 18.6. The summed E-state index contributed by atoms with van der Waals surface area (Å²) < 4.78 is 6.95. The molecule has 0 saturated carbocycles. The van der Waals surface area contributed by atoms with Crippen LogP contribution in [0.5, 0.6) is 0 Å². The summed E-state index contributed by atoms with van der Waals surface area (Å²) in [4.78, 5) is 18.9. The summed E-state index contributed by atoms with van der Waals surface area (Å²) in [6.45, 7) is 7.84. The third kappa shape index (κ3) is 3.16. The molecule has 0 spiro atoms. The van der Waals surface area contributed by atoms with Crippen molar-refractivity contribution in [2.24, 2.45) is 5.41 Å². The van der Waals surface area contributed by atoms with E-state index in [2.05, 4.69) is 62.0 Å². The summed E-state index contributed by atoms with van der Waals surface area (Å²) in [7, 11) is 3.62. The Bertz CT molecular complexity index is 781. The molecule has 0 N–H and O–H groups in total.